The van der Waals surface area contributed by atoms with Gasteiger partial charge in [-0.2, -0.15) is 5.10 Å². The first-order valence-electron chi connectivity index (χ1n) is 8.73. The molecule has 7 nitrogen and oxygen atoms in total. The van der Waals surface area contributed by atoms with Crippen molar-refractivity contribution >= 4 is 11.6 Å². The van der Waals surface area contributed by atoms with Gasteiger partial charge in [0.15, 0.2) is 11.3 Å². The van der Waals surface area contributed by atoms with Gasteiger partial charge in [-0.25, -0.2) is 9.50 Å². The number of aromatic nitrogens is 3. The number of hydrogen-bond acceptors (Lipinski definition) is 5. The molecule has 1 atom stereocenters. The van der Waals surface area contributed by atoms with Crippen molar-refractivity contribution in [3.8, 4) is 0 Å². The summed E-state index contributed by atoms with van der Waals surface area (Å²) in [6, 6.07) is 4.43. The minimum Gasteiger partial charge on any atom is -0.347 e. The Balaban J connectivity index is 1.35. The van der Waals surface area contributed by atoms with Crippen LogP contribution in [-0.2, 0) is 0 Å². The zero-order valence-corrected chi connectivity index (χ0v) is 14.1. The average molecular weight is 328 g/mol. The van der Waals surface area contributed by atoms with Gasteiger partial charge in [0.2, 0.25) is 0 Å². The van der Waals surface area contributed by atoms with E-state index < -0.39 is 0 Å². The normalized spacial score (nSPS) is 23.8. The number of fused-ring (bicyclic) bond motifs is 1. The van der Waals surface area contributed by atoms with Crippen molar-refractivity contribution in [2.45, 2.75) is 31.3 Å². The fourth-order valence-corrected chi connectivity index (χ4v) is 3.80. The van der Waals surface area contributed by atoms with E-state index in [1.54, 1.807) is 29.0 Å². The van der Waals surface area contributed by atoms with Crippen LogP contribution in [0.15, 0.2) is 24.5 Å². The Morgan fingerprint density at radius 1 is 1.25 bits per heavy atom. The summed E-state index contributed by atoms with van der Waals surface area (Å²) >= 11 is 0. The van der Waals surface area contributed by atoms with Gasteiger partial charge in [-0.1, -0.05) is 0 Å². The van der Waals surface area contributed by atoms with Gasteiger partial charge < -0.3 is 10.2 Å². The zero-order valence-electron chi connectivity index (χ0n) is 14.1. The summed E-state index contributed by atoms with van der Waals surface area (Å²) in [7, 11) is 2.19. The monoisotopic (exact) mass is 328 g/mol. The molecule has 2 saturated heterocycles. The van der Waals surface area contributed by atoms with Crippen LogP contribution in [-0.4, -0.2) is 75.6 Å². The largest absolute Gasteiger partial charge is 0.347 e. The number of nitrogens with zero attached hydrogens (tertiary/aromatic N) is 5. The van der Waals surface area contributed by atoms with Gasteiger partial charge in [0.1, 0.15) is 0 Å². The summed E-state index contributed by atoms with van der Waals surface area (Å²) in [4.78, 5) is 21.6. The molecule has 0 bridgehead atoms. The van der Waals surface area contributed by atoms with E-state index in [2.05, 4.69) is 32.2 Å². The molecule has 4 heterocycles. The number of piperidine rings is 1. The van der Waals surface area contributed by atoms with Crippen LogP contribution in [0.2, 0.25) is 0 Å². The summed E-state index contributed by atoms with van der Waals surface area (Å²) in [5.41, 5.74) is 1.13. The van der Waals surface area contributed by atoms with E-state index in [-0.39, 0.29) is 11.9 Å². The Morgan fingerprint density at radius 3 is 2.88 bits per heavy atom. The third kappa shape index (κ3) is 3.14. The summed E-state index contributed by atoms with van der Waals surface area (Å²) in [5, 5.41) is 7.43. The molecule has 4 rings (SSSR count). The lowest BCUT2D eigenvalue weighted by atomic mass is 10.0. The highest BCUT2D eigenvalue weighted by Gasteiger charge is 2.31. The molecule has 0 radical (unpaired) electrons. The van der Waals surface area contributed by atoms with Crippen molar-refractivity contribution in [2.24, 2.45) is 0 Å². The smallest absolute Gasteiger partial charge is 0.272 e. The molecule has 2 aliphatic heterocycles. The minimum atomic E-state index is -0.101. The minimum absolute atomic E-state index is 0.101. The number of rotatable bonds is 3. The Bertz CT molecular complexity index is 688. The topological polar surface area (TPSA) is 65.8 Å². The van der Waals surface area contributed by atoms with E-state index in [1.807, 2.05) is 0 Å². The second-order valence-electron chi connectivity index (χ2n) is 6.94. The Morgan fingerprint density at radius 2 is 2.08 bits per heavy atom. The average Bonchev–Trinajstić information content (AvgIpc) is 3.22. The van der Waals surface area contributed by atoms with Crippen molar-refractivity contribution in [1.29, 1.82) is 0 Å². The van der Waals surface area contributed by atoms with Crippen LogP contribution in [0.4, 0.5) is 0 Å². The van der Waals surface area contributed by atoms with E-state index in [0.717, 1.165) is 19.5 Å². The number of carbonyl (C=O) groups is 1. The molecule has 2 aromatic heterocycles. The van der Waals surface area contributed by atoms with Gasteiger partial charge in [-0.05, 0) is 45.5 Å². The maximum absolute atomic E-state index is 12.5. The third-order valence-electron chi connectivity index (χ3n) is 5.23. The van der Waals surface area contributed by atoms with Crippen LogP contribution in [0.5, 0.6) is 0 Å². The van der Waals surface area contributed by atoms with E-state index in [4.69, 9.17) is 0 Å². The number of carbonyl (C=O) groups excluding carboxylic acids is 1. The highest BCUT2D eigenvalue weighted by Crippen LogP contribution is 2.21. The SMILES string of the molecule is CN1CCC(N2CCC(NC(=O)c3cc4ncccn4n3)C2)CC1. The standard InChI is InChI=1S/C17H24N6O/c1-21-8-4-14(5-9-21)22-10-3-13(12-22)19-17(24)15-11-16-18-6-2-7-23(16)20-15/h2,6-7,11,13-14H,3-5,8-10,12H2,1H3,(H,19,24). The van der Waals surface area contributed by atoms with E-state index in [0.29, 0.717) is 17.4 Å². The summed E-state index contributed by atoms with van der Waals surface area (Å²) in [5.74, 6) is -0.101. The number of hydrogen-bond donors (Lipinski definition) is 1. The number of nitrogens with one attached hydrogen (secondary N) is 1. The summed E-state index contributed by atoms with van der Waals surface area (Å²) in [6.45, 7) is 4.37. The van der Waals surface area contributed by atoms with E-state index in [1.165, 1.54) is 25.9 Å². The Kier molecular flexibility index (Phi) is 4.20. The molecule has 0 aliphatic carbocycles. The third-order valence-corrected chi connectivity index (χ3v) is 5.23. The molecule has 2 aliphatic rings. The number of amides is 1. The van der Waals surface area contributed by atoms with Crippen molar-refractivity contribution in [3.63, 3.8) is 0 Å². The molecule has 0 aromatic carbocycles. The summed E-state index contributed by atoms with van der Waals surface area (Å²) < 4.78 is 1.63. The zero-order chi connectivity index (χ0) is 16.5. The van der Waals surface area contributed by atoms with Gasteiger partial charge in [0.25, 0.3) is 5.91 Å². The van der Waals surface area contributed by atoms with Crippen LogP contribution < -0.4 is 5.32 Å². The van der Waals surface area contributed by atoms with Gasteiger partial charge in [0.05, 0.1) is 0 Å². The molecule has 1 amide bonds. The predicted molar refractivity (Wildman–Crippen MR) is 91.0 cm³/mol. The predicted octanol–water partition coefficient (Wildman–Crippen LogP) is 0.628. The van der Waals surface area contributed by atoms with Crippen molar-refractivity contribution in [3.05, 3.63) is 30.2 Å². The van der Waals surface area contributed by atoms with Gasteiger partial charge >= 0.3 is 0 Å². The maximum atomic E-state index is 12.5. The quantitative estimate of drug-likeness (QED) is 0.895. The van der Waals surface area contributed by atoms with Crippen molar-refractivity contribution in [2.75, 3.05) is 33.2 Å². The van der Waals surface area contributed by atoms with Gasteiger partial charge in [-0.3, -0.25) is 9.69 Å². The maximum Gasteiger partial charge on any atom is 0.272 e. The van der Waals surface area contributed by atoms with E-state index in [9.17, 15) is 4.79 Å². The van der Waals surface area contributed by atoms with Crippen LogP contribution in [0.3, 0.4) is 0 Å². The highest BCUT2D eigenvalue weighted by atomic mass is 16.2. The molecule has 2 aromatic rings. The molecule has 24 heavy (non-hydrogen) atoms. The first-order valence-corrected chi connectivity index (χ1v) is 8.73. The van der Waals surface area contributed by atoms with Crippen molar-refractivity contribution < 1.29 is 4.79 Å². The molecule has 0 spiro atoms. The molecule has 1 N–H and O–H groups in total. The number of likely N-dealkylation sites (tertiary alicyclic amines) is 2. The fraction of sp³-hybridized carbons (Fsp3) is 0.588. The highest BCUT2D eigenvalue weighted by molar-refractivity contribution is 5.93. The van der Waals surface area contributed by atoms with Crippen molar-refractivity contribution in [1.82, 2.24) is 29.7 Å². The second kappa shape index (κ2) is 6.49. The fourth-order valence-electron chi connectivity index (χ4n) is 3.80. The molecule has 0 saturated carbocycles. The summed E-state index contributed by atoms with van der Waals surface area (Å²) in [6.07, 6.45) is 6.99. The molecule has 7 heteroatoms. The molecule has 128 valence electrons. The van der Waals surface area contributed by atoms with Crippen LogP contribution in [0.1, 0.15) is 29.8 Å². The van der Waals surface area contributed by atoms with Gasteiger partial charge in [-0.15, -0.1) is 0 Å². The lowest BCUT2D eigenvalue weighted by molar-refractivity contribution is 0.0926. The molecule has 1 unspecified atom stereocenters. The lowest BCUT2D eigenvalue weighted by Gasteiger charge is -2.35. The van der Waals surface area contributed by atoms with E-state index >= 15 is 0 Å². The Hall–Kier alpha value is -1.99. The first-order chi connectivity index (χ1) is 11.7. The lowest BCUT2D eigenvalue weighted by Crippen LogP contribution is -2.44. The molecular weight excluding hydrogens is 304 g/mol. The van der Waals surface area contributed by atoms with Crippen LogP contribution >= 0.6 is 0 Å². The van der Waals surface area contributed by atoms with Crippen LogP contribution in [0, 0.1) is 0 Å². The molecule has 2 fully saturated rings. The molecular formula is C17H24N6O. The first kappa shape index (κ1) is 15.5. The van der Waals surface area contributed by atoms with Gasteiger partial charge in [0, 0.05) is 43.6 Å². The second-order valence-corrected chi connectivity index (χ2v) is 6.94. The Labute approximate surface area is 141 Å². The van der Waals surface area contributed by atoms with Crippen LogP contribution in [0.25, 0.3) is 5.65 Å².